The average Bonchev–Trinajstić information content (AvgIpc) is 3.06. The van der Waals surface area contributed by atoms with E-state index in [4.69, 9.17) is 14.2 Å². The fourth-order valence-corrected chi connectivity index (χ4v) is 5.51. The van der Waals surface area contributed by atoms with Crippen LogP contribution in [0.15, 0.2) is 48.5 Å². The molecule has 3 saturated heterocycles. The molecule has 0 N–H and O–H groups in total. The first-order valence-electron chi connectivity index (χ1n) is 13.9. The second kappa shape index (κ2) is 11.7. The standard InChI is InChI=1S/C30H37N3O6/c1-22(2)37-26-11-4-3-10-25(26)32-18-16-31(17-19-32)21-23-8-7-9-24(20-23)29(36)33-15-6-5-14-30(33)38-27(34)12-13-28(35)39-30/h3-4,7-11,20,22H,5-6,12-19,21H2,1-2H3. The lowest BCUT2D eigenvalue weighted by Crippen LogP contribution is -2.58. The van der Waals surface area contributed by atoms with Gasteiger partial charge in [-0.05, 0) is 56.5 Å². The molecule has 208 valence electrons. The highest BCUT2D eigenvalue weighted by molar-refractivity contribution is 5.95. The van der Waals surface area contributed by atoms with Gasteiger partial charge in [0.1, 0.15) is 5.75 Å². The molecule has 0 radical (unpaired) electrons. The Balaban J connectivity index is 1.25. The molecule has 3 aliphatic heterocycles. The van der Waals surface area contributed by atoms with Crippen LogP contribution in [0.25, 0.3) is 0 Å². The molecular formula is C30H37N3O6. The molecule has 3 aliphatic rings. The van der Waals surface area contributed by atoms with Crippen LogP contribution in [-0.2, 0) is 25.6 Å². The molecule has 1 spiro atoms. The SMILES string of the molecule is CC(C)Oc1ccccc1N1CCN(Cc2cccc(C(=O)N3CCCCC34OC(=O)CCC(=O)O4)c2)CC1. The second-order valence-corrected chi connectivity index (χ2v) is 10.7. The largest absolute Gasteiger partial charge is 0.489 e. The summed E-state index contributed by atoms with van der Waals surface area (Å²) in [4.78, 5) is 44.3. The molecule has 5 rings (SSSR count). The van der Waals surface area contributed by atoms with Crippen molar-refractivity contribution in [1.29, 1.82) is 0 Å². The number of rotatable bonds is 6. The lowest BCUT2D eigenvalue weighted by Gasteiger charge is -2.43. The second-order valence-electron chi connectivity index (χ2n) is 10.7. The highest BCUT2D eigenvalue weighted by Gasteiger charge is 2.50. The topological polar surface area (TPSA) is 88.6 Å². The Hall–Kier alpha value is -3.59. The molecule has 9 nitrogen and oxygen atoms in total. The molecule has 0 bridgehead atoms. The van der Waals surface area contributed by atoms with Gasteiger partial charge in [0.2, 0.25) is 0 Å². The van der Waals surface area contributed by atoms with E-state index in [2.05, 4.69) is 15.9 Å². The number of nitrogens with zero attached hydrogens (tertiary/aromatic N) is 3. The summed E-state index contributed by atoms with van der Waals surface area (Å²) in [5.41, 5.74) is 2.64. The third-order valence-corrected chi connectivity index (χ3v) is 7.38. The van der Waals surface area contributed by atoms with Crippen molar-refractivity contribution >= 4 is 23.5 Å². The van der Waals surface area contributed by atoms with E-state index in [1.165, 1.54) is 4.90 Å². The lowest BCUT2D eigenvalue weighted by atomic mass is 10.0. The van der Waals surface area contributed by atoms with Crippen molar-refractivity contribution in [3.8, 4) is 5.75 Å². The normalized spacial score (nSPS) is 20.0. The highest BCUT2D eigenvalue weighted by atomic mass is 16.8. The van der Waals surface area contributed by atoms with Gasteiger partial charge in [-0.3, -0.25) is 24.2 Å². The minimum atomic E-state index is -1.65. The number of carbonyl (C=O) groups is 3. The van der Waals surface area contributed by atoms with Crippen molar-refractivity contribution in [1.82, 2.24) is 9.80 Å². The summed E-state index contributed by atoms with van der Waals surface area (Å²) in [6.07, 6.45) is 1.76. The van der Waals surface area contributed by atoms with Crippen molar-refractivity contribution < 1.29 is 28.6 Å². The van der Waals surface area contributed by atoms with Crippen LogP contribution < -0.4 is 9.64 Å². The van der Waals surface area contributed by atoms with Gasteiger partial charge in [-0.25, -0.2) is 0 Å². The zero-order valence-electron chi connectivity index (χ0n) is 22.8. The molecule has 3 fully saturated rings. The number of ether oxygens (including phenoxy) is 3. The predicted molar refractivity (Wildman–Crippen MR) is 145 cm³/mol. The quantitative estimate of drug-likeness (QED) is 0.514. The van der Waals surface area contributed by atoms with E-state index in [9.17, 15) is 14.4 Å². The van der Waals surface area contributed by atoms with Crippen LogP contribution in [-0.4, -0.2) is 72.4 Å². The minimum Gasteiger partial charge on any atom is -0.489 e. The van der Waals surface area contributed by atoms with Crippen molar-refractivity contribution in [3.63, 3.8) is 0 Å². The van der Waals surface area contributed by atoms with Crippen LogP contribution in [0.1, 0.15) is 61.9 Å². The summed E-state index contributed by atoms with van der Waals surface area (Å²) < 4.78 is 17.2. The predicted octanol–water partition coefficient (Wildman–Crippen LogP) is 3.96. The maximum Gasteiger partial charge on any atom is 0.344 e. The number of hydrogen-bond acceptors (Lipinski definition) is 8. The van der Waals surface area contributed by atoms with E-state index in [1.54, 1.807) is 6.07 Å². The first-order chi connectivity index (χ1) is 18.8. The van der Waals surface area contributed by atoms with Gasteiger partial charge in [0, 0.05) is 51.3 Å². The number of piperazine rings is 1. The molecule has 0 aliphatic carbocycles. The van der Waals surface area contributed by atoms with Crippen molar-refractivity contribution in [2.45, 2.75) is 64.5 Å². The van der Waals surface area contributed by atoms with Gasteiger partial charge >= 0.3 is 17.8 Å². The number of carbonyl (C=O) groups excluding carboxylic acids is 3. The molecule has 39 heavy (non-hydrogen) atoms. The minimum absolute atomic E-state index is 0.0400. The van der Waals surface area contributed by atoms with E-state index >= 15 is 0 Å². The Bertz CT molecular complexity index is 1190. The molecule has 9 heteroatoms. The molecule has 0 unspecified atom stereocenters. The summed E-state index contributed by atoms with van der Waals surface area (Å²) in [6, 6.07) is 15.7. The summed E-state index contributed by atoms with van der Waals surface area (Å²) in [7, 11) is 0. The fourth-order valence-electron chi connectivity index (χ4n) is 5.51. The van der Waals surface area contributed by atoms with Gasteiger partial charge in [-0.15, -0.1) is 0 Å². The van der Waals surface area contributed by atoms with Crippen LogP contribution >= 0.6 is 0 Å². The summed E-state index contributed by atoms with van der Waals surface area (Å²) >= 11 is 0. The van der Waals surface area contributed by atoms with E-state index in [-0.39, 0.29) is 31.3 Å². The molecule has 1 amide bonds. The Kier molecular flexibility index (Phi) is 8.07. The number of para-hydroxylation sites is 2. The first kappa shape index (κ1) is 27.0. The highest BCUT2D eigenvalue weighted by Crippen LogP contribution is 2.35. The van der Waals surface area contributed by atoms with Crippen molar-refractivity contribution in [2.75, 3.05) is 37.6 Å². The molecule has 3 heterocycles. The van der Waals surface area contributed by atoms with Crippen LogP contribution in [0.2, 0.25) is 0 Å². The number of likely N-dealkylation sites (tertiary alicyclic amines) is 1. The third kappa shape index (κ3) is 6.19. The Labute approximate surface area is 229 Å². The zero-order valence-corrected chi connectivity index (χ0v) is 22.8. The van der Waals surface area contributed by atoms with Crippen LogP contribution in [0, 0.1) is 0 Å². The smallest absolute Gasteiger partial charge is 0.344 e. The summed E-state index contributed by atoms with van der Waals surface area (Å²) in [5, 5.41) is 0. The first-order valence-corrected chi connectivity index (χ1v) is 13.9. The van der Waals surface area contributed by atoms with Gasteiger partial charge in [0.15, 0.2) is 0 Å². The Morgan fingerprint density at radius 3 is 2.36 bits per heavy atom. The molecule has 0 aromatic heterocycles. The molecule has 0 saturated carbocycles. The van der Waals surface area contributed by atoms with Crippen LogP contribution in [0.3, 0.4) is 0 Å². The van der Waals surface area contributed by atoms with E-state index in [1.807, 2.05) is 50.2 Å². The molecule has 2 aromatic rings. The van der Waals surface area contributed by atoms with Gasteiger partial charge in [0.25, 0.3) is 5.91 Å². The maximum atomic E-state index is 13.7. The number of anilines is 1. The summed E-state index contributed by atoms with van der Waals surface area (Å²) in [6.45, 7) is 8.67. The van der Waals surface area contributed by atoms with Gasteiger partial charge in [-0.1, -0.05) is 24.3 Å². The lowest BCUT2D eigenvalue weighted by molar-refractivity contribution is -0.280. The van der Waals surface area contributed by atoms with Crippen molar-refractivity contribution in [3.05, 3.63) is 59.7 Å². The number of hydrogen-bond donors (Lipinski definition) is 0. The number of amides is 1. The monoisotopic (exact) mass is 535 g/mol. The molecule has 2 aromatic carbocycles. The molecule has 0 atom stereocenters. The van der Waals surface area contributed by atoms with Gasteiger partial charge in [0.05, 0.1) is 24.6 Å². The number of esters is 2. The van der Waals surface area contributed by atoms with E-state index in [0.717, 1.165) is 49.6 Å². The fraction of sp³-hybridized carbons (Fsp3) is 0.500. The third-order valence-electron chi connectivity index (χ3n) is 7.38. The Morgan fingerprint density at radius 2 is 1.64 bits per heavy atom. The number of benzene rings is 2. The van der Waals surface area contributed by atoms with Crippen LogP contribution in [0.4, 0.5) is 5.69 Å². The average molecular weight is 536 g/mol. The van der Waals surface area contributed by atoms with Gasteiger partial charge in [-0.2, -0.15) is 0 Å². The van der Waals surface area contributed by atoms with Gasteiger partial charge < -0.3 is 19.1 Å². The Morgan fingerprint density at radius 1 is 0.923 bits per heavy atom. The van der Waals surface area contributed by atoms with E-state index < -0.39 is 17.8 Å². The molecular weight excluding hydrogens is 498 g/mol. The van der Waals surface area contributed by atoms with E-state index in [0.29, 0.717) is 25.1 Å². The van der Waals surface area contributed by atoms with Crippen LogP contribution in [0.5, 0.6) is 5.75 Å². The maximum absolute atomic E-state index is 13.7. The summed E-state index contributed by atoms with van der Waals surface area (Å²) in [5.74, 6) is -2.08. The number of piperidine rings is 1. The zero-order chi connectivity index (χ0) is 27.4. The van der Waals surface area contributed by atoms with Crippen molar-refractivity contribution in [2.24, 2.45) is 0 Å².